The molecule has 0 heterocycles. The third-order valence-electron chi connectivity index (χ3n) is 3.87. The van der Waals surface area contributed by atoms with Gasteiger partial charge < -0.3 is 10.4 Å². The fraction of sp³-hybridized carbons (Fsp3) is 0.263. The summed E-state index contributed by atoms with van der Waals surface area (Å²) in [7, 11) is 0. The molecule has 0 aliphatic heterocycles. The summed E-state index contributed by atoms with van der Waals surface area (Å²) in [5.41, 5.74) is 1.34. The smallest absolute Gasteiger partial charge is 0.330 e. The zero-order chi connectivity index (χ0) is 17.5. The number of carbonyl (C=O) groups excluding carboxylic acids is 1. The van der Waals surface area contributed by atoms with Crippen molar-refractivity contribution >= 4 is 11.9 Å². The van der Waals surface area contributed by atoms with Crippen LogP contribution in [-0.2, 0) is 16.0 Å². The van der Waals surface area contributed by atoms with Gasteiger partial charge in [0.1, 0.15) is 5.82 Å². The molecule has 0 bridgehead atoms. The number of carbonyl (C=O) groups is 2. The molecule has 0 aliphatic carbocycles. The molecule has 0 radical (unpaired) electrons. The zero-order valence-electron chi connectivity index (χ0n) is 13.4. The number of nitrogens with one attached hydrogen (secondary N) is 1. The number of carboxylic acids is 1. The lowest BCUT2D eigenvalue weighted by Crippen LogP contribution is -2.37. The van der Waals surface area contributed by atoms with Crippen molar-refractivity contribution in [3.63, 3.8) is 0 Å². The molecule has 2 rings (SSSR count). The summed E-state index contributed by atoms with van der Waals surface area (Å²) in [5.74, 6) is -2.12. The van der Waals surface area contributed by atoms with Crippen LogP contribution in [0.2, 0.25) is 0 Å². The summed E-state index contributed by atoms with van der Waals surface area (Å²) in [5, 5.41) is 11.9. The first-order chi connectivity index (χ1) is 11.5. The Hall–Kier alpha value is -2.69. The molecule has 2 atom stereocenters. The van der Waals surface area contributed by atoms with Crippen molar-refractivity contribution in [2.75, 3.05) is 0 Å². The average molecular weight is 329 g/mol. The fourth-order valence-corrected chi connectivity index (χ4v) is 2.42. The maximum absolute atomic E-state index is 13.2. The van der Waals surface area contributed by atoms with E-state index in [4.69, 9.17) is 0 Å². The molecule has 0 saturated heterocycles. The highest BCUT2D eigenvalue weighted by Crippen LogP contribution is 2.16. The molecular weight excluding hydrogens is 309 g/mol. The lowest BCUT2D eigenvalue weighted by atomic mass is 9.99. The minimum atomic E-state index is -1.10. The first-order valence-corrected chi connectivity index (χ1v) is 7.80. The summed E-state index contributed by atoms with van der Waals surface area (Å²) in [4.78, 5) is 23.7. The SMILES string of the molecule is CC(CCc1cccc(F)c1)C(=O)N[C@@H](C(=O)O)c1ccccc1. The topological polar surface area (TPSA) is 66.4 Å². The maximum atomic E-state index is 13.2. The number of aryl methyl sites for hydroxylation is 1. The summed E-state index contributed by atoms with van der Waals surface area (Å²) < 4.78 is 13.2. The zero-order valence-corrected chi connectivity index (χ0v) is 13.4. The molecule has 5 heteroatoms. The first-order valence-electron chi connectivity index (χ1n) is 7.80. The van der Waals surface area contributed by atoms with Crippen LogP contribution in [0.4, 0.5) is 4.39 Å². The Morgan fingerprint density at radius 2 is 1.83 bits per heavy atom. The van der Waals surface area contributed by atoms with Crippen molar-refractivity contribution in [1.29, 1.82) is 0 Å². The minimum absolute atomic E-state index is 0.306. The third kappa shape index (κ3) is 4.91. The van der Waals surface area contributed by atoms with E-state index in [1.807, 2.05) is 0 Å². The highest BCUT2D eigenvalue weighted by molar-refractivity contribution is 5.85. The summed E-state index contributed by atoms with van der Waals surface area (Å²) in [6, 6.07) is 13.7. The molecule has 1 amide bonds. The molecular formula is C19H20FNO3. The second-order valence-corrected chi connectivity index (χ2v) is 5.76. The van der Waals surface area contributed by atoms with Crippen LogP contribution in [-0.4, -0.2) is 17.0 Å². The Morgan fingerprint density at radius 3 is 2.46 bits per heavy atom. The van der Waals surface area contributed by atoms with Crippen LogP contribution in [0.5, 0.6) is 0 Å². The van der Waals surface area contributed by atoms with Gasteiger partial charge in [-0.2, -0.15) is 0 Å². The highest BCUT2D eigenvalue weighted by atomic mass is 19.1. The van der Waals surface area contributed by atoms with E-state index in [-0.39, 0.29) is 17.6 Å². The number of hydrogen-bond donors (Lipinski definition) is 2. The van der Waals surface area contributed by atoms with Crippen LogP contribution in [0, 0.1) is 11.7 Å². The predicted molar refractivity (Wildman–Crippen MR) is 88.8 cm³/mol. The van der Waals surface area contributed by atoms with Gasteiger partial charge in [-0.05, 0) is 36.1 Å². The van der Waals surface area contributed by atoms with Crippen LogP contribution >= 0.6 is 0 Å². The maximum Gasteiger partial charge on any atom is 0.330 e. The van der Waals surface area contributed by atoms with E-state index in [0.29, 0.717) is 18.4 Å². The van der Waals surface area contributed by atoms with Crippen molar-refractivity contribution < 1.29 is 19.1 Å². The van der Waals surface area contributed by atoms with E-state index in [2.05, 4.69) is 5.32 Å². The number of rotatable bonds is 7. The molecule has 2 N–H and O–H groups in total. The number of aliphatic carboxylic acids is 1. The lowest BCUT2D eigenvalue weighted by Gasteiger charge is -2.18. The van der Waals surface area contributed by atoms with Crippen molar-refractivity contribution in [2.24, 2.45) is 5.92 Å². The second-order valence-electron chi connectivity index (χ2n) is 5.76. The molecule has 0 aliphatic rings. The normalized spacial score (nSPS) is 13.1. The molecule has 0 aromatic heterocycles. The molecule has 2 aromatic carbocycles. The second kappa shape index (κ2) is 8.24. The molecule has 126 valence electrons. The van der Waals surface area contributed by atoms with Gasteiger partial charge in [0, 0.05) is 5.92 Å². The lowest BCUT2D eigenvalue weighted by molar-refractivity contribution is -0.142. The van der Waals surface area contributed by atoms with Gasteiger partial charge in [0.15, 0.2) is 6.04 Å². The first kappa shape index (κ1) is 17.7. The monoisotopic (exact) mass is 329 g/mol. The molecule has 0 fully saturated rings. The van der Waals surface area contributed by atoms with Gasteiger partial charge in [-0.15, -0.1) is 0 Å². The Kier molecular flexibility index (Phi) is 6.07. The van der Waals surface area contributed by atoms with Crippen molar-refractivity contribution in [1.82, 2.24) is 5.32 Å². The van der Waals surface area contributed by atoms with Crippen molar-refractivity contribution in [3.8, 4) is 0 Å². The molecule has 0 saturated carbocycles. The van der Waals surface area contributed by atoms with Gasteiger partial charge in [-0.3, -0.25) is 4.79 Å². The van der Waals surface area contributed by atoms with E-state index in [9.17, 15) is 19.1 Å². The number of halogens is 1. The molecule has 4 nitrogen and oxygen atoms in total. The van der Waals surface area contributed by atoms with Crippen LogP contribution in [0.1, 0.15) is 30.5 Å². The average Bonchev–Trinajstić information content (AvgIpc) is 2.58. The molecule has 24 heavy (non-hydrogen) atoms. The van der Waals surface area contributed by atoms with Crippen LogP contribution in [0.15, 0.2) is 54.6 Å². The Bertz CT molecular complexity index is 703. The number of benzene rings is 2. The van der Waals surface area contributed by atoms with Gasteiger partial charge >= 0.3 is 5.97 Å². The number of amides is 1. The standard InChI is InChI=1S/C19H20FNO3/c1-13(10-11-14-6-5-9-16(20)12-14)18(22)21-17(19(23)24)15-7-3-2-4-8-15/h2-9,12-13,17H,10-11H2,1H3,(H,21,22)(H,23,24)/t13?,17-/m1/s1. The van der Waals surface area contributed by atoms with Gasteiger partial charge in [0.2, 0.25) is 5.91 Å². The highest BCUT2D eigenvalue weighted by Gasteiger charge is 2.24. The number of hydrogen-bond acceptors (Lipinski definition) is 2. The summed E-state index contributed by atoms with van der Waals surface area (Å²) >= 11 is 0. The third-order valence-corrected chi connectivity index (χ3v) is 3.87. The van der Waals surface area contributed by atoms with Crippen LogP contribution in [0.25, 0.3) is 0 Å². The van der Waals surface area contributed by atoms with Gasteiger partial charge in [0.25, 0.3) is 0 Å². The fourth-order valence-electron chi connectivity index (χ4n) is 2.42. The van der Waals surface area contributed by atoms with Crippen molar-refractivity contribution in [3.05, 3.63) is 71.5 Å². The van der Waals surface area contributed by atoms with E-state index >= 15 is 0 Å². The Balaban J connectivity index is 1.95. The molecule has 0 spiro atoms. The van der Waals surface area contributed by atoms with Crippen molar-refractivity contribution in [2.45, 2.75) is 25.8 Å². The van der Waals surface area contributed by atoms with Crippen LogP contribution < -0.4 is 5.32 Å². The minimum Gasteiger partial charge on any atom is -0.479 e. The molecule has 1 unspecified atom stereocenters. The van der Waals surface area contributed by atoms with E-state index in [1.165, 1.54) is 12.1 Å². The summed E-state index contributed by atoms with van der Waals surface area (Å²) in [6.45, 7) is 1.73. The number of carboxylic acid groups (broad SMARTS) is 1. The predicted octanol–water partition coefficient (Wildman–Crippen LogP) is 3.34. The summed E-state index contributed by atoms with van der Waals surface area (Å²) in [6.07, 6.45) is 1.06. The quantitative estimate of drug-likeness (QED) is 0.819. The van der Waals surface area contributed by atoms with E-state index in [0.717, 1.165) is 5.56 Å². The Labute approximate surface area is 140 Å². The largest absolute Gasteiger partial charge is 0.479 e. The van der Waals surface area contributed by atoms with Gasteiger partial charge in [-0.1, -0.05) is 49.4 Å². The van der Waals surface area contributed by atoms with Crippen LogP contribution in [0.3, 0.4) is 0 Å². The molecule has 2 aromatic rings. The van der Waals surface area contributed by atoms with E-state index in [1.54, 1.807) is 49.4 Å². The van der Waals surface area contributed by atoms with E-state index < -0.39 is 12.0 Å². The Morgan fingerprint density at radius 1 is 1.12 bits per heavy atom. The van der Waals surface area contributed by atoms with Gasteiger partial charge in [-0.25, -0.2) is 9.18 Å². The van der Waals surface area contributed by atoms with Gasteiger partial charge in [0.05, 0.1) is 0 Å².